The molecule has 1 aliphatic rings. The molecule has 1 aliphatic heterocycles. The van der Waals surface area contributed by atoms with Crippen molar-refractivity contribution in [3.8, 4) is 0 Å². The van der Waals surface area contributed by atoms with Crippen LogP contribution in [0.25, 0.3) is 5.76 Å². The van der Waals surface area contributed by atoms with Gasteiger partial charge in [0, 0.05) is 11.6 Å². The number of carbonyl (C=O) groups is 2. The Hall–Kier alpha value is -3.67. The number of Topliss-reactive ketones (excluding diaryl/α,β-unsaturated/α-hetero) is 1. The molecule has 2 heterocycles. The SMILES string of the molecule is Cc1ccc(C(O)=C2C(=O)C(=O)N(c3cc(C)on3)C2c2ccccc2)cc1. The molecule has 0 aliphatic carbocycles. The molecule has 0 saturated carbocycles. The number of hydrogen-bond acceptors (Lipinski definition) is 5. The van der Waals surface area contributed by atoms with E-state index in [0.29, 0.717) is 16.9 Å². The molecule has 1 fully saturated rings. The molecule has 1 atom stereocenters. The van der Waals surface area contributed by atoms with Crippen molar-refractivity contribution in [1.82, 2.24) is 5.16 Å². The third-order valence-electron chi connectivity index (χ3n) is 4.75. The van der Waals surface area contributed by atoms with Gasteiger partial charge >= 0.3 is 5.91 Å². The summed E-state index contributed by atoms with van der Waals surface area (Å²) in [5.41, 5.74) is 2.22. The fourth-order valence-corrected chi connectivity index (χ4v) is 3.35. The molecular weight excluding hydrogens is 356 g/mol. The predicted molar refractivity (Wildman–Crippen MR) is 104 cm³/mol. The van der Waals surface area contributed by atoms with Crippen molar-refractivity contribution in [3.05, 3.63) is 88.7 Å². The number of aliphatic hydroxyl groups is 1. The fourth-order valence-electron chi connectivity index (χ4n) is 3.35. The Balaban J connectivity index is 1.93. The van der Waals surface area contributed by atoms with Crippen LogP contribution in [0.4, 0.5) is 5.82 Å². The molecular formula is C22H18N2O4. The molecule has 3 aromatic rings. The molecule has 28 heavy (non-hydrogen) atoms. The van der Waals surface area contributed by atoms with Crippen LogP contribution in [0.2, 0.25) is 0 Å². The average molecular weight is 374 g/mol. The summed E-state index contributed by atoms with van der Waals surface area (Å²) < 4.78 is 5.10. The normalized spacial score (nSPS) is 18.6. The van der Waals surface area contributed by atoms with Crippen LogP contribution in [0.3, 0.4) is 0 Å². The molecule has 1 aromatic heterocycles. The lowest BCUT2D eigenvalue weighted by Crippen LogP contribution is -2.29. The second-order valence-corrected chi connectivity index (χ2v) is 6.74. The van der Waals surface area contributed by atoms with Crippen molar-refractivity contribution >= 4 is 23.3 Å². The first-order valence-corrected chi connectivity index (χ1v) is 8.83. The first kappa shape index (κ1) is 17.7. The molecule has 6 nitrogen and oxygen atoms in total. The number of aromatic nitrogens is 1. The lowest BCUT2D eigenvalue weighted by Gasteiger charge is -2.22. The molecule has 140 valence electrons. The second-order valence-electron chi connectivity index (χ2n) is 6.74. The van der Waals surface area contributed by atoms with Crippen molar-refractivity contribution in [2.45, 2.75) is 19.9 Å². The summed E-state index contributed by atoms with van der Waals surface area (Å²) in [5, 5.41) is 14.8. The number of aliphatic hydroxyl groups excluding tert-OH is 1. The van der Waals surface area contributed by atoms with Gasteiger partial charge < -0.3 is 9.63 Å². The number of hydrogen-bond donors (Lipinski definition) is 1. The highest BCUT2D eigenvalue weighted by Crippen LogP contribution is 2.41. The van der Waals surface area contributed by atoms with E-state index in [-0.39, 0.29) is 17.2 Å². The van der Waals surface area contributed by atoms with Crippen molar-refractivity contribution < 1.29 is 19.2 Å². The maximum Gasteiger partial charge on any atom is 0.301 e. The van der Waals surface area contributed by atoms with E-state index in [4.69, 9.17) is 4.52 Å². The zero-order valence-electron chi connectivity index (χ0n) is 15.4. The number of aryl methyl sites for hydroxylation is 2. The zero-order chi connectivity index (χ0) is 19.8. The van der Waals surface area contributed by atoms with E-state index in [2.05, 4.69) is 5.16 Å². The number of ketones is 1. The van der Waals surface area contributed by atoms with Crippen LogP contribution in [0.1, 0.15) is 28.5 Å². The number of benzene rings is 2. The number of anilines is 1. The van der Waals surface area contributed by atoms with Gasteiger partial charge in [0.15, 0.2) is 5.82 Å². The van der Waals surface area contributed by atoms with Crippen LogP contribution < -0.4 is 4.90 Å². The molecule has 0 bridgehead atoms. The first-order valence-electron chi connectivity index (χ1n) is 8.83. The van der Waals surface area contributed by atoms with Crippen LogP contribution in [0, 0.1) is 13.8 Å². The Morgan fingerprint density at radius 2 is 1.71 bits per heavy atom. The minimum atomic E-state index is -0.799. The quantitative estimate of drug-likeness (QED) is 0.427. The number of amides is 1. The van der Waals surface area contributed by atoms with Crippen LogP contribution in [0.5, 0.6) is 0 Å². The maximum absolute atomic E-state index is 12.9. The van der Waals surface area contributed by atoms with E-state index in [1.807, 2.05) is 37.3 Å². The summed E-state index contributed by atoms with van der Waals surface area (Å²) in [6.45, 7) is 3.64. The van der Waals surface area contributed by atoms with Crippen molar-refractivity contribution in [2.24, 2.45) is 0 Å². The topological polar surface area (TPSA) is 83.6 Å². The Morgan fingerprint density at radius 1 is 1.04 bits per heavy atom. The molecule has 4 rings (SSSR count). The summed E-state index contributed by atoms with van der Waals surface area (Å²) in [5.74, 6) is -0.975. The Labute approximate surface area is 161 Å². The third kappa shape index (κ3) is 2.89. The van der Waals surface area contributed by atoms with Gasteiger partial charge in [0.1, 0.15) is 11.5 Å². The minimum absolute atomic E-state index is 0.0284. The van der Waals surface area contributed by atoms with Gasteiger partial charge in [-0.2, -0.15) is 0 Å². The van der Waals surface area contributed by atoms with Gasteiger partial charge in [-0.1, -0.05) is 65.3 Å². The predicted octanol–water partition coefficient (Wildman–Crippen LogP) is 3.92. The highest BCUT2D eigenvalue weighted by molar-refractivity contribution is 6.51. The van der Waals surface area contributed by atoms with Gasteiger partial charge in [-0.15, -0.1) is 0 Å². The number of nitrogens with zero attached hydrogens (tertiary/aromatic N) is 2. The molecule has 1 amide bonds. The zero-order valence-corrected chi connectivity index (χ0v) is 15.4. The molecule has 0 radical (unpaired) electrons. The van der Waals surface area contributed by atoms with Crippen molar-refractivity contribution in [1.29, 1.82) is 0 Å². The van der Waals surface area contributed by atoms with Gasteiger partial charge in [-0.05, 0) is 19.4 Å². The van der Waals surface area contributed by atoms with E-state index in [9.17, 15) is 14.7 Å². The minimum Gasteiger partial charge on any atom is -0.507 e. The summed E-state index contributed by atoms with van der Waals surface area (Å²) in [7, 11) is 0. The van der Waals surface area contributed by atoms with Gasteiger partial charge in [0.25, 0.3) is 5.78 Å². The van der Waals surface area contributed by atoms with Gasteiger partial charge in [0.05, 0.1) is 11.6 Å². The summed E-state index contributed by atoms with van der Waals surface area (Å²) in [6.07, 6.45) is 0. The molecule has 0 spiro atoms. The monoisotopic (exact) mass is 374 g/mol. The highest BCUT2D eigenvalue weighted by atomic mass is 16.5. The highest BCUT2D eigenvalue weighted by Gasteiger charge is 2.48. The molecule has 1 N–H and O–H groups in total. The van der Waals surface area contributed by atoms with Crippen LogP contribution in [-0.2, 0) is 9.59 Å². The Kier molecular flexibility index (Phi) is 4.31. The average Bonchev–Trinajstić information content (AvgIpc) is 3.24. The van der Waals surface area contributed by atoms with Gasteiger partial charge in [-0.25, -0.2) is 0 Å². The van der Waals surface area contributed by atoms with E-state index in [0.717, 1.165) is 5.56 Å². The second kappa shape index (κ2) is 6.81. The number of rotatable bonds is 3. The fraction of sp³-hybridized carbons (Fsp3) is 0.136. The van der Waals surface area contributed by atoms with Crippen LogP contribution >= 0.6 is 0 Å². The molecule has 2 aromatic carbocycles. The van der Waals surface area contributed by atoms with Crippen molar-refractivity contribution in [2.75, 3.05) is 4.90 Å². The first-order chi connectivity index (χ1) is 13.5. The van der Waals surface area contributed by atoms with E-state index >= 15 is 0 Å². The maximum atomic E-state index is 12.9. The standard InChI is InChI=1S/C22H18N2O4/c1-13-8-10-16(11-9-13)20(25)18-19(15-6-4-3-5-7-15)24(22(27)21(18)26)17-12-14(2)28-23-17/h3-12,19,25H,1-2H3. The Morgan fingerprint density at radius 3 is 2.32 bits per heavy atom. The summed E-state index contributed by atoms with van der Waals surface area (Å²) >= 11 is 0. The van der Waals surface area contributed by atoms with E-state index in [1.54, 1.807) is 37.3 Å². The number of carbonyl (C=O) groups excluding carboxylic acids is 2. The van der Waals surface area contributed by atoms with Gasteiger partial charge in [0.2, 0.25) is 0 Å². The molecule has 6 heteroatoms. The van der Waals surface area contributed by atoms with Gasteiger partial charge in [-0.3, -0.25) is 14.5 Å². The van der Waals surface area contributed by atoms with Crippen LogP contribution in [0.15, 0.2) is 70.8 Å². The largest absolute Gasteiger partial charge is 0.507 e. The molecule has 1 unspecified atom stereocenters. The third-order valence-corrected chi connectivity index (χ3v) is 4.75. The summed E-state index contributed by atoms with van der Waals surface area (Å²) in [6, 6.07) is 17.0. The van der Waals surface area contributed by atoms with E-state index < -0.39 is 17.7 Å². The summed E-state index contributed by atoms with van der Waals surface area (Å²) in [4.78, 5) is 27.0. The molecule has 1 saturated heterocycles. The lowest BCUT2D eigenvalue weighted by atomic mass is 9.95. The van der Waals surface area contributed by atoms with E-state index in [1.165, 1.54) is 4.90 Å². The smallest absolute Gasteiger partial charge is 0.301 e. The lowest BCUT2D eigenvalue weighted by molar-refractivity contribution is -0.132. The Bertz CT molecular complexity index is 1080. The van der Waals surface area contributed by atoms with Crippen molar-refractivity contribution in [3.63, 3.8) is 0 Å². The van der Waals surface area contributed by atoms with Crippen LogP contribution in [-0.4, -0.2) is 22.0 Å².